The van der Waals surface area contributed by atoms with Crippen molar-refractivity contribution in [3.05, 3.63) is 52.6 Å². The first kappa shape index (κ1) is 13.1. The smallest absolute Gasteiger partial charge is 0.225 e. The molecule has 4 nitrogen and oxygen atoms in total. The maximum atomic E-state index is 11.7. The zero-order valence-electron chi connectivity index (χ0n) is 10.8. The van der Waals surface area contributed by atoms with E-state index in [1.54, 1.807) is 6.20 Å². The number of halogens is 1. The zero-order valence-corrected chi connectivity index (χ0v) is 12.4. The van der Waals surface area contributed by atoms with Gasteiger partial charge in [0.05, 0.1) is 0 Å². The number of fused-ring (bicyclic) bond motifs is 1. The van der Waals surface area contributed by atoms with E-state index in [4.69, 9.17) is 0 Å². The number of nitrogens with zero attached hydrogens (tertiary/aromatic N) is 1. The number of pyridine rings is 1. The van der Waals surface area contributed by atoms with Gasteiger partial charge in [-0.25, -0.2) is 4.98 Å². The first-order valence-corrected chi connectivity index (χ1v) is 7.26. The molecule has 2 aromatic rings. The van der Waals surface area contributed by atoms with Crippen LogP contribution < -0.4 is 10.6 Å². The number of hydrogen-bond acceptors (Lipinski definition) is 3. The normalized spacial score (nSPS) is 17.2. The van der Waals surface area contributed by atoms with E-state index in [-0.39, 0.29) is 11.8 Å². The number of aromatic nitrogens is 1. The molecule has 0 saturated carbocycles. The summed E-state index contributed by atoms with van der Waals surface area (Å²) in [5.41, 5.74) is 2.09. The van der Waals surface area contributed by atoms with Gasteiger partial charge in [-0.15, -0.1) is 0 Å². The average Bonchev–Trinajstić information content (AvgIpc) is 2.46. The molecule has 1 amide bonds. The molecule has 1 aromatic carbocycles. The molecule has 1 atom stereocenters. The third-order valence-corrected chi connectivity index (χ3v) is 3.83. The summed E-state index contributed by atoms with van der Waals surface area (Å²) in [7, 11) is 0. The Kier molecular flexibility index (Phi) is 3.69. The van der Waals surface area contributed by atoms with Crippen molar-refractivity contribution in [2.24, 2.45) is 0 Å². The molecule has 5 heteroatoms. The molecule has 0 spiro atoms. The minimum atomic E-state index is 0.0688. The lowest BCUT2D eigenvalue weighted by Gasteiger charge is -2.25. The fraction of sp³-hybridized carbons (Fsp3) is 0.200. The predicted molar refractivity (Wildman–Crippen MR) is 82.9 cm³/mol. The molecule has 1 aromatic heterocycles. The standard InChI is InChI=1S/C15H14BrN3O/c16-11-5-6-14(18-9-11)17-8-10-7-15(20)19-13-4-2-1-3-12(10)13/h1-6,9-10H,7-8H2,(H,17,18)(H,19,20)/t10-/m0/s1. The summed E-state index contributed by atoms with van der Waals surface area (Å²) in [6.45, 7) is 0.694. The Hall–Kier alpha value is -1.88. The molecule has 3 rings (SSSR count). The van der Waals surface area contributed by atoms with Gasteiger partial charge in [0.2, 0.25) is 5.91 Å². The van der Waals surface area contributed by atoms with E-state index < -0.39 is 0 Å². The van der Waals surface area contributed by atoms with Gasteiger partial charge < -0.3 is 10.6 Å². The number of para-hydroxylation sites is 1. The number of carbonyl (C=O) groups excluding carboxylic acids is 1. The number of amides is 1. The fourth-order valence-corrected chi connectivity index (χ4v) is 2.63. The van der Waals surface area contributed by atoms with Crippen molar-refractivity contribution in [2.75, 3.05) is 17.2 Å². The van der Waals surface area contributed by atoms with Crippen LogP contribution in [0.15, 0.2) is 47.1 Å². The summed E-state index contributed by atoms with van der Waals surface area (Å²) in [6.07, 6.45) is 2.25. The molecular weight excluding hydrogens is 318 g/mol. The van der Waals surface area contributed by atoms with Crippen molar-refractivity contribution in [2.45, 2.75) is 12.3 Å². The predicted octanol–water partition coefficient (Wildman–Crippen LogP) is 3.38. The van der Waals surface area contributed by atoms with Crippen LogP contribution in [0, 0.1) is 0 Å². The second kappa shape index (κ2) is 5.63. The van der Waals surface area contributed by atoms with Crippen LogP contribution in [0.5, 0.6) is 0 Å². The Morgan fingerprint density at radius 3 is 2.95 bits per heavy atom. The van der Waals surface area contributed by atoms with Crippen LogP contribution in [-0.2, 0) is 4.79 Å². The Bertz CT molecular complexity index is 627. The maximum absolute atomic E-state index is 11.7. The highest BCUT2D eigenvalue weighted by Gasteiger charge is 2.24. The van der Waals surface area contributed by atoms with Gasteiger partial charge in [0.15, 0.2) is 0 Å². The number of benzene rings is 1. The summed E-state index contributed by atoms with van der Waals surface area (Å²) in [4.78, 5) is 16.0. The molecule has 0 unspecified atom stereocenters. The number of hydrogen-bond donors (Lipinski definition) is 2. The second-order valence-electron chi connectivity index (χ2n) is 4.78. The zero-order chi connectivity index (χ0) is 13.9. The number of anilines is 2. The molecule has 0 bridgehead atoms. The van der Waals surface area contributed by atoms with Crippen LogP contribution in [0.4, 0.5) is 11.5 Å². The third-order valence-electron chi connectivity index (χ3n) is 3.36. The van der Waals surface area contributed by atoms with Crippen LogP contribution in [-0.4, -0.2) is 17.4 Å². The van der Waals surface area contributed by atoms with Crippen LogP contribution in [0.1, 0.15) is 17.9 Å². The Morgan fingerprint density at radius 1 is 1.30 bits per heavy atom. The highest BCUT2D eigenvalue weighted by Crippen LogP contribution is 2.31. The first-order chi connectivity index (χ1) is 9.72. The van der Waals surface area contributed by atoms with Gasteiger partial charge in [0, 0.05) is 35.2 Å². The Labute approximate surface area is 125 Å². The van der Waals surface area contributed by atoms with Crippen LogP contribution in [0.3, 0.4) is 0 Å². The van der Waals surface area contributed by atoms with Crippen molar-refractivity contribution in [1.29, 1.82) is 0 Å². The molecular formula is C15H14BrN3O. The van der Waals surface area contributed by atoms with Gasteiger partial charge in [-0.2, -0.15) is 0 Å². The van der Waals surface area contributed by atoms with E-state index in [0.717, 1.165) is 16.0 Å². The minimum absolute atomic E-state index is 0.0688. The monoisotopic (exact) mass is 331 g/mol. The van der Waals surface area contributed by atoms with Crippen LogP contribution >= 0.6 is 15.9 Å². The van der Waals surface area contributed by atoms with Crippen LogP contribution in [0.25, 0.3) is 0 Å². The Balaban J connectivity index is 1.74. The lowest BCUT2D eigenvalue weighted by Crippen LogP contribution is -2.26. The van der Waals surface area contributed by atoms with Gasteiger partial charge in [-0.3, -0.25) is 4.79 Å². The largest absolute Gasteiger partial charge is 0.369 e. The summed E-state index contributed by atoms with van der Waals surface area (Å²) < 4.78 is 0.949. The van der Waals surface area contributed by atoms with Gasteiger partial charge in [0.1, 0.15) is 5.82 Å². The lowest BCUT2D eigenvalue weighted by atomic mass is 9.90. The fourth-order valence-electron chi connectivity index (χ4n) is 2.39. The minimum Gasteiger partial charge on any atom is -0.369 e. The van der Waals surface area contributed by atoms with Crippen molar-refractivity contribution < 1.29 is 4.79 Å². The molecule has 2 heterocycles. The molecule has 2 N–H and O–H groups in total. The highest BCUT2D eigenvalue weighted by atomic mass is 79.9. The van der Waals surface area contributed by atoms with Crippen molar-refractivity contribution in [3.63, 3.8) is 0 Å². The molecule has 20 heavy (non-hydrogen) atoms. The molecule has 102 valence electrons. The van der Waals surface area contributed by atoms with Crippen molar-refractivity contribution >= 4 is 33.3 Å². The molecule has 1 aliphatic heterocycles. The van der Waals surface area contributed by atoms with Gasteiger partial charge in [-0.05, 0) is 39.7 Å². The molecule has 0 saturated heterocycles. The third kappa shape index (κ3) is 2.82. The number of rotatable bonds is 3. The SMILES string of the molecule is O=C1C[C@@H](CNc2ccc(Br)cn2)c2ccccc2N1. The highest BCUT2D eigenvalue weighted by molar-refractivity contribution is 9.10. The summed E-state index contributed by atoms with van der Waals surface area (Å²) in [5, 5.41) is 6.20. The summed E-state index contributed by atoms with van der Waals surface area (Å²) >= 11 is 3.36. The van der Waals surface area contributed by atoms with Crippen molar-refractivity contribution in [1.82, 2.24) is 4.98 Å². The summed E-state index contributed by atoms with van der Waals surface area (Å²) in [6, 6.07) is 11.8. The average molecular weight is 332 g/mol. The number of carbonyl (C=O) groups is 1. The van der Waals surface area contributed by atoms with Gasteiger partial charge >= 0.3 is 0 Å². The molecule has 0 radical (unpaired) electrons. The summed E-state index contributed by atoms with van der Waals surface area (Å²) in [5.74, 6) is 1.06. The molecule has 0 aliphatic carbocycles. The second-order valence-corrected chi connectivity index (χ2v) is 5.69. The number of nitrogens with one attached hydrogen (secondary N) is 2. The van der Waals surface area contributed by atoms with Gasteiger partial charge in [-0.1, -0.05) is 18.2 Å². The topological polar surface area (TPSA) is 54.0 Å². The molecule has 1 aliphatic rings. The van der Waals surface area contributed by atoms with Crippen molar-refractivity contribution in [3.8, 4) is 0 Å². The first-order valence-electron chi connectivity index (χ1n) is 6.46. The van der Waals surface area contributed by atoms with E-state index in [1.165, 1.54) is 5.56 Å². The van der Waals surface area contributed by atoms with E-state index >= 15 is 0 Å². The van der Waals surface area contributed by atoms with Gasteiger partial charge in [0.25, 0.3) is 0 Å². The quantitative estimate of drug-likeness (QED) is 0.906. The van der Waals surface area contributed by atoms with E-state index in [9.17, 15) is 4.79 Å². The molecule has 0 fully saturated rings. The van der Waals surface area contributed by atoms with E-state index in [1.807, 2.05) is 30.3 Å². The maximum Gasteiger partial charge on any atom is 0.225 e. The van der Waals surface area contributed by atoms with E-state index in [2.05, 4.69) is 37.6 Å². The van der Waals surface area contributed by atoms with Crippen LogP contribution in [0.2, 0.25) is 0 Å². The lowest BCUT2D eigenvalue weighted by molar-refractivity contribution is -0.116. The Morgan fingerprint density at radius 2 is 2.15 bits per heavy atom. The van der Waals surface area contributed by atoms with E-state index in [0.29, 0.717) is 13.0 Å².